The molecule has 0 bridgehead atoms. The Morgan fingerprint density at radius 2 is 1.63 bits per heavy atom. The van der Waals surface area contributed by atoms with Crippen molar-refractivity contribution in [2.24, 2.45) is 29.6 Å². The van der Waals surface area contributed by atoms with Gasteiger partial charge in [-0.15, -0.1) is 11.8 Å². The molecule has 9 atom stereocenters. The minimum Gasteiger partial charge on any atom is -0.374 e. The average molecular weight is 437 g/mol. The molecule has 0 spiro atoms. The standard InChI is InChI=1S/C25H40O4S/c1-16-12-24(30-15-23-19(4)18(3)20(5)25(26-6)29-23)28-22(17(16)2)14-27-13-21-10-8-7-9-11-21/h7-11,16-20,22-25H,12-15H2,1-6H3/t16-,17+,18+,19+,20?,22?,23?,24+,25+/m1/s1. The van der Waals surface area contributed by atoms with Gasteiger partial charge in [0.25, 0.3) is 0 Å². The molecule has 0 N–H and O–H groups in total. The van der Waals surface area contributed by atoms with Crippen molar-refractivity contribution in [2.45, 2.75) is 71.6 Å². The van der Waals surface area contributed by atoms with Crippen LogP contribution in [-0.2, 0) is 25.6 Å². The lowest BCUT2D eigenvalue weighted by Gasteiger charge is -2.44. The SMILES string of the molecule is CO[C@H]1OC(CS[C@H]2C[C@@H](C)[C@H](C)C(COCc3ccccc3)O2)[C@@H](C)[C@H](C)C1C. The maximum absolute atomic E-state index is 6.49. The largest absolute Gasteiger partial charge is 0.374 e. The molecule has 2 aliphatic rings. The van der Waals surface area contributed by atoms with Crippen LogP contribution in [-0.4, -0.2) is 43.4 Å². The van der Waals surface area contributed by atoms with Gasteiger partial charge < -0.3 is 18.9 Å². The molecule has 2 aliphatic heterocycles. The van der Waals surface area contributed by atoms with Crippen LogP contribution in [0.15, 0.2) is 30.3 Å². The Bertz CT molecular complexity index is 625. The van der Waals surface area contributed by atoms with E-state index in [-0.39, 0.29) is 23.9 Å². The van der Waals surface area contributed by atoms with E-state index in [0.717, 1.165) is 12.2 Å². The summed E-state index contributed by atoms with van der Waals surface area (Å²) >= 11 is 1.90. The van der Waals surface area contributed by atoms with Crippen LogP contribution >= 0.6 is 11.8 Å². The molecule has 1 aromatic rings. The predicted octanol–water partition coefficient (Wildman–Crippen LogP) is 5.60. The van der Waals surface area contributed by atoms with Crippen molar-refractivity contribution in [1.82, 2.24) is 0 Å². The minimum atomic E-state index is -0.104. The molecule has 0 aliphatic carbocycles. The van der Waals surface area contributed by atoms with Gasteiger partial charge >= 0.3 is 0 Å². The fraction of sp³-hybridized carbons (Fsp3) is 0.760. The Kier molecular flexibility index (Phi) is 9.08. The molecule has 30 heavy (non-hydrogen) atoms. The molecule has 0 amide bonds. The van der Waals surface area contributed by atoms with E-state index in [1.807, 2.05) is 17.8 Å². The summed E-state index contributed by atoms with van der Waals surface area (Å²) in [4.78, 5) is 0. The summed E-state index contributed by atoms with van der Waals surface area (Å²) in [6.45, 7) is 12.8. The van der Waals surface area contributed by atoms with Crippen LogP contribution in [0.5, 0.6) is 0 Å². The maximum atomic E-state index is 6.49. The second-order valence-electron chi connectivity index (χ2n) is 9.37. The lowest BCUT2D eigenvalue weighted by Crippen LogP contribution is -2.47. The molecule has 2 heterocycles. The molecular formula is C25H40O4S. The molecule has 0 saturated carbocycles. The van der Waals surface area contributed by atoms with Crippen molar-refractivity contribution in [2.75, 3.05) is 19.5 Å². The van der Waals surface area contributed by atoms with E-state index < -0.39 is 0 Å². The molecule has 3 unspecified atom stereocenters. The molecule has 5 heteroatoms. The molecule has 0 aromatic heterocycles. The van der Waals surface area contributed by atoms with E-state index in [2.05, 4.69) is 58.9 Å². The van der Waals surface area contributed by atoms with Gasteiger partial charge in [0.2, 0.25) is 0 Å². The fourth-order valence-electron chi connectivity index (χ4n) is 4.57. The quantitative estimate of drug-likeness (QED) is 0.530. The summed E-state index contributed by atoms with van der Waals surface area (Å²) in [7, 11) is 1.75. The molecule has 2 saturated heterocycles. The maximum Gasteiger partial charge on any atom is 0.160 e. The second kappa shape index (κ2) is 11.3. The Labute approximate surface area is 187 Å². The van der Waals surface area contributed by atoms with Crippen LogP contribution in [0.1, 0.15) is 46.6 Å². The first-order chi connectivity index (χ1) is 14.4. The molecular weight excluding hydrogens is 396 g/mol. The van der Waals surface area contributed by atoms with Gasteiger partial charge in [-0.25, -0.2) is 0 Å². The highest BCUT2D eigenvalue weighted by Gasteiger charge is 2.40. The Morgan fingerprint density at radius 3 is 2.33 bits per heavy atom. The highest BCUT2D eigenvalue weighted by molar-refractivity contribution is 7.99. The van der Waals surface area contributed by atoms with Gasteiger partial charge in [0, 0.05) is 18.8 Å². The van der Waals surface area contributed by atoms with Gasteiger partial charge in [-0.1, -0.05) is 65.0 Å². The Hall–Kier alpha value is -0.590. The lowest BCUT2D eigenvalue weighted by atomic mass is 9.79. The molecule has 4 nitrogen and oxygen atoms in total. The third-order valence-electron chi connectivity index (χ3n) is 7.43. The summed E-state index contributed by atoms with van der Waals surface area (Å²) in [6, 6.07) is 10.3. The van der Waals surface area contributed by atoms with E-state index in [1.165, 1.54) is 5.56 Å². The monoisotopic (exact) mass is 436 g/mol. The van der Waals surface area contributed by atoms with Crippen molar-refractivity contribution in [3.8, 4) is 0 Å². The number of hydrogen-bond acceptors (Lipinski definition) is 5. The van der Waals surface area contributed by atoms with Crippen molar-refractivity contribution in [1.29, 1.82) is 0 Å². The van der Waals surface area contributed by atoms with E-state index in [0.29, 0.717) is 42.8 Å². The van der Waals surface area contributed by atoms with Crippen molar-refractivity contribution in [3.63, 3.8) is 0 Å². The number of hydrogen-bond donors (Lipinski definition) is 0. The third kappa shape index (κ3) is 6.01. The zero-order valence-corrected chi connectivity index (χ0v) is 20.3. The molecule has 3 rings (SSSR count). The first kappa shape index (κ1) is 24.1. The van der Waals surface area contributed by atoms with E-state index in [9.17, 15) is 0 Å². The van der Waals surface area contributed by atoms with Gasteiger partial charge in [0.05, 0.1) is 25.4 Å². The third-order valence-corrected chi connectivity index (χ3v) is 8.63. The van der Waals surface area contributed by atoms with Gasteiger partial charge in [0.1, 0.15) is 5.44 Å². The van der Waals surface area contributed by atoms with E-state index in [4.69, 9.17) is 18.9 Å². The summed E-state index contributed by atoms with van der Waals surface area (Å²) in [5.41, 5.74) is 1.41. The highest BCUT2D eigenvalue weighted by atomic mass is 32.2. The average Bonchev–Trinajstić information content (AvgIpc) is 2.75. The van der Waals surface area contributed by atoms with Crippen LogP contribution in [0.4, 0.5) is 0 Å². The zero-order valence-electron chi connectivity index (χ0n) is 19.5. The van der Waals surface area contributed by atoms with Gasteiger partial charge in [-0.05, 0) is 35.7 Å². The van der Waals surface area contributed by atoms with Crippen LogP contribution in [0, 0.1) is 29.6 Å². The van der Waals surface area contributed by atoms with Crippen LogP contribution < -0.4 is 0 Å². The van der Waals surface area contributed by atoms with E-state index in [1.54, 1.807) is 7.11 Å². The van der Waals surface area contributed by atoms with Gasteiger partial charge in [-0.2, -0.15) is 0 Å². The van der Waals surface area contributed by atoms with Crippen molar-refractivity contribution in [3.05, 3.63) is 35.9 Å². The summed E-state index contributed by atoms with van der Waals surface area (Å²) in [5, 5.41) is 0. The number of thioether (sulfide) groups is 1. The second-order valence-corrected chi connectivity index (χ2v) is 10.6. The topological polar surface area (TPSA) is 36.9 Å². The zero-order chi connectivity index (χ0) is 21.7. The Morgan fingerprint density at radius 1 is 0.900 bits per heavy atom. The summed E-state index contributed by atoms with van der Waals surface area (Å²) in [5.74, 6) is 3.59. The van der Waals surface area contributed by atoms with Crippen molar-refractivity contribution >= 4 is 11.8 Å². The van der Waals surface area contributed by atoms with Gasteiger partial charge in [0.15, 0.2) is 6.29 Å². The first-order valence-corrected chi connectivity index (χ1v) is 12.5. The molecule has 1 aromatic carbocycles. The molecule has 170 valence electrons. The van der Waals surface area contributed by atoms with Crippen LogP contribution in [0.25, 0.3) is 0 Å². The first-order valence-electron chi connectivity index (χ1n) is 11.5. The van der Waals surface area contributed by atoms with E-state index >= 15 is 0 Å². The highest BCUT2D eigenvalue weighted by Crippen LogP contribution is 2.40. The Balaban J connectivity index is 1.49. The summed E-state index contributed by atoms with van der Waals surface area (Å²) in [6.07, 6.45) is 1.33. The number of rotatable bonds is 8. The molecule has 2 fully saturated rings. The van der Waals surface area contributed by atoms with Crippen LogP contribution in [0.2, 0.25) is 0 Å². The minimum absolute atomic E-state index is 0.104. The normalized spacial score (nSPS) is 39.7. The smallest absolute Gasteiger partial charge is 0.160 e. The number of methoxy groups -OCH3 is 1. The number of benzene rings is 1. The molecule has 0 radical (unpaired) electrons. The predicted molar refractivity (Wildman–Crippen MR) is 123 cm³/mol. The number of ether oxygens (including phenoxy) is 4. The lowest BCUT2D eigenvalue weighted by molar-refractivity contribution is -0.231. The summed E-state index contributed by atoms with van der Waals surface area (Å²) < 4.78 is 24.4. The van der Waals surface area contributed by atoms with Gasteiger partial charge in [-0.3, -0.25) is 0 Å². The van der Waals surface area contributed by atoms with Crippen molar-refractivity contribution < 1.29 is 18.9 Å². The fourth-order valence-corrected chi connectivity index (χ4v) is 6.02. The van der Waals surface area contributed by atoms with Crippen LogP contribution in [0.3, 0.4) is 0 Å².